The zero-order valence-electron chi connectivity index (χ0n) is 19.6. The summed E-state index contributed by atoms with van der Waals surface area (Å²) >= 11 is 0. The standard InChI is InChI=1S/C29H19N6O.Pt/c1-33-19-34(26-12-3-2-11-25(26)33)20-13-16-30-27(18-20)36-22-8-4-7-21(17-22)35-28-23(9-5-14-31-28)24-10-6-15-32-29(24)35;/h2-16,19H,1H3;/q-3;. The fourth-order valence-electron chi connectivity index (χ4n) is 4.64. The fourth-order valence-corrected chi connectivity index (χ4v) is 4.64. The molecule has 0 unspecified atom stereocenters. The number of anilines is 3. The molecule has 2 aromatic carbocycles. The second-order valence-corrected chi connectivity index (χ2v) is 8.43. The van der Waals surface area contributed by atoms with E-state index in [0.717, 1.165) is 44.8 Å². The van der Waals surface area contributed by atoms with Crippen molar-refractivity contribution >= 4 is 39.1 Å². The number of pyridine rings is 3. The first-order valence-electron chi connectivity index (χ1n) is 11.5. The summed E-state index contributed by atoms with van der Waals surface area (Å²) in [6, 6.07) is 30.5. The third-order valence-electron chi connectivity index (χ3n) is 6.22. The van der Waals surface area contributed by atoms with Crippen molar-refractivity contribution in [1.82, 2.24) is 19.5 Å². The maximum Gasteiger partial charge on any atom is 0.144 e. The monoisotopic (exact) mass is 662 g/mol. The van der Waals surface area contributed by atoms with Crippen LogP contribution in [0.4, 0.5) is 17.1 Å². The minimum Gasteiger partial charge on any atom is -0.504 e. The first-order valence-corrected chi connectivity index (χ1v) is 11.5. The molecule has 0 N–H and O–H groups in total. The van der Waals surface area contributed by atoms with E-state index in [1.54, 1.807) is 18.6 Å². The molecule has 184 valence electrons. The minimum absolute atomic E-state index is 0. The largest absolute Gasteiger partial charge is 0.504 e. The van der Waals surface area contributed by atoms with Crippen LogP contribution in [0, 0.1) is 18.8 Å². The second kappa shape index (κ2) is 9.34. The maximum atomic E-state index is 6.13. The Balaban J connectivity index is 0.00000252. The van der Waals surface area contributed by atoms with E-state index in [0.29, 0.717) is 11.6 Å². The smallest absolute Gasteiger partial charge is 0.144 e. The first kappa shape index (κ1) is 23.2. The number of hydrogen-bond donors (Lipinski definition) is 0. The molecule has 7 rings (SSSR count). The Morgan fingerprint density at radius 3 is 2.19 bits per heavy atom. The van der Waals surface area contributed by atoms with Crippen molar-refractivity contribution < 1.29 is 25.8 Å². The van der Waals surface area contributed by atoms with Gasteiger partial charge in [-0.2, -0.15) is 30.6 Å². The van der Waals surface area contributed by atoms with Crippen LogP contribution in [-0.4, -0.2) is 26.6 Å². The summed E-state index contributed by atoms with van der Waals surface area (Å²) in [6.45, 7) is 2.02. The van der Waals surface area contributed by atoms with Crippen LogP contribution in [0.15, 0.2) is 91.4 Å². The van der Waals surface area contributed by atoms with Crippen LogP contribution in [0.5, 0.6) is 11.6 Å². The topological polar surface area (TPSA) is 59.3 Å². The Morgan fingerprint density at radius 2 is 1.43 bits per heavy atom. The van der Waals surface area contributed by atoms with Crippen LogP contribution in [0.1, 0.15) is 0 Å². The Kier molecular flexibility index (Phi) is 5.85. The SMILES string of the molecule is CN1[CH-]N(c2[c-]c(Oc3[c-]c(-n4c5ncccc5c5cccnc54)ccc3)ncc2)c2ccccc21.[Pt]. The van der Waals surface area contributed by atoms with Crippen LogP contribution >= 0.6 is 0 Å². The number of rotatable bonds is 4. The van der Waals surface area contributed by atoms with Gasteiger partial charge >= 0.3 is 0 Å². The number of nitrogens with zero attached hydrogens (tertiary/aromatic N) is 6. The summed E-state index contributed by atoms with van der Waals surface area (Å²) in [5, 5.41) is 2.07. The molecule has 0 saturated carbocycles. The molecular weight excluding hydrogens is 643 g/mol. The van der Waals surface area contributed by atoms with Gasteiger partial charge in [0.1, 0.15) is 17.2 Å². The predicted molar refractivity (Wildman–Crippen MR) is 140 cm³/mol. The molecule has 0 atom stereocenters. The Morgan fingerprint density at radius 1 is 0.703 bits per heavy atom. The number of ether oxygens (including phenoxy) is 1. The minimum atomic E-state index is 0. The summed E-state index contributed by atoms with van der Waals surface area (Å²) in [4.78, 5) is 17.8. The third-order valence-corrected chi connectivity index (χ3v) is 6.22. The van der Waals surface area contributed by atoms with Crippen LogP contribution < -0.4 is 14.5 Å². The molecule has 0 spiro atoms. The predicted octanol–water partition coefficient (Wildman–Crippen LogP) is 6.07. The third kappa shape index (κ3) is 3.92. The van der Waals surface area contributed by atoms with Crippen molar-refractivity contribution in [1.29, 1.82) is 0 Å². The van der Waals surface area contributed by atoms with Gasteiger partial charge in [0.05, 0.1) is 0 Å². The zero-order valence-corrected chi connectivity index (χ0v) is 21.9. The molecule has 0 aliphatic carbocycles. The Labute approximate surface area is 228 Å². The summed E-state index contributed by atoms with van der Waals surface area (Å²) in [5.74, 6) is 0.887. The molecule has 4 aromatic heterocycles. The molecular formula is C29H19N6OPt-3. The van der Waals surface area contributed by atoms with Gasteiger partial charge in [0.2, 0.25) is 0 Å². The molecule has 0 radical (unpaired) electrons. The van der Waals surface area contributed by atoms with Gasteiger partial charge in [-0.15, -0.1) is 18.2 Å². The van der Waals surface area contributed by atoms with E-state index in [2.05, 4.69) is 61.1 Å². The van der Waals surface area contributed by atoms with Gasteiger partial charge in [-0.05, 0) is 49.6 Å². The van der Waals surface area contributed by atoms with Gasteiger partial charge in [-0.1, -0.05) is 17.8 Å². The molecule has 1 aliphatic rings. The van der Waals surface area contributed by atoms with E-state index in [1.165, 1.54) is 0 Å². The molecule has 37 heavy (non-hydrogen) atoms. The molecule has 0 saturated heterocycles. The second-order valence-electron chi connectivity index (χ2n) is 8.43. The fraction of sp³-hybridized carbons (Fsp3) is 0.0345. The number of benzene rings is 2. The van der Waals surface area contributed by atoms with E-state index in [1.807, 2.05) is 66.8 Å². The molecule has 0 fully saturated rings. The Hall–Kier alpha value is -4.22. The average Bonchev–Trinajstić information content (AvgIpc) is 3.44. The normalized spacial score (nSPS) is 12.6. The molecule has 0 bridgehead atoms. The summed E-state index contributed by atoms with van der Waals surface area (Å²) < 4.78 is 8.12. The van der Waals surface area contributed by atoms with Crippen LogP contribution in [0.2, 0.25) is 0 Å². The van der Waals surface area contributed by atoms with E-state index in [-0.39, 0.29) is 21.1 Å². The first-order chi connectivity index (χ1) is 17.8. The van der Waals surface area contributed by atoms with E-state index in [9.17, 15) is 0 Å². The molecule has 7 nitrogen and oxygen atoms in total. The van der Waals surface area contributed by atoms with Crippen molar-refractivity contribution in [2.45, 2.75) is 0 Å². The number of para-hydroxylation sites is 2. The van der Waals surface area contributed by atoms with Crippen LogP contribution in [-0.2, 0) is 21.1 Å². The maximum absolute atomic E-state index is 6.13. The van der Waals surface area contributed by atoms with Gasteiger partial charge in [0.25, 0.3) is 0 Å². The molecule has 6 aromatic rings. The van der Waals surface area contributed by atoms with Gasteiger partial charge in [-0.3, -0.25) is 4.98 Å². The van der Waals surface area contributed by atoms with Crippen LogP contribution in [0.25, 0.3) is 27.8 Å². The Bertz CT molecular complexity index is 1700. The van der Waals surface area contributed by atoms with Crippen molar-refractivity contribution in [2.24, 2.45) is 0 Å². The summed E-state index contributed by atoms with van der Waals surface area (Å²) in [5.41, 5.74) is 5.46. The van der Waals surface area contributed by atoms with Gasteiger partial charge in [0, 0.05) is 61.4 Å². The van der Waals surface area contributed by atoms with E-state index >= 15 is 0 Å². The summed E-state index contributed by atoms with van der Waals surface area (Å²) in [6.07, 6.45) is 5.29. The zero-order chi connectivity index (χ0) is 24.1. The number of hydrogen-bond acceptors (Lipinski definition) is 6. The van der Waals surface area contributed by atoms with Gasteiger partial charge in [0.15, 0.2) is 0 Å². The van der Waals surface area contributed by atoms with Crippen molar-refractivity contribution in [3.8, 4) is 17.3 Å². The number of fused-ring (bicyclic) bond motifs is 4. The van der Waals surface area contributed by atoms with Crippen LogP contribution in [0.3, 0.4) is 0 Å². The van der Waals surface area contributed by atoms with Crippen molar-refractivity contribution in [2.75, 3.05) is 16.8 Å². The quantitative estimate of drug-likeness (QED) is 0.214. The van der Waals surface area contributed by atoms with E-state index < -0.39 is 0 Å². The average molecular weight is 663 g/mol. The molecule has 1 aliphatic heterocycles. The molecule has 5 heterocycles. The molecule has 8 heteroatoms. The van der Waals surface area contributed by atoms with Gasteiger partial charge < -0.3 is 19.1 Å². The van der Waals surface area contributed by atoms with Gasteiger partial charge in [-0.25, -0.2) is 9.97 Å². The van der Waals surface area contributed by atoms with Crippen molar-refractivity contribution in [3.05, 3.63) is 110 Å². The van der Waals surface area contributed by atoms with Crippen molar-refractivity contribution in [3.63, 3.8) is 0 Å². The molecule has 0 amide bonds. The number of aromatic nitrogens is 4. The van der Waals surface area contributed by atoms with E-state index in [4.69, 9.17) is 4.74 Å². The summed E-state index contributed by atoms with van der Waals surface area (Å²) in [7, 11) is 2.02.